The van der Waals surface area contributed by atoms with Gasteiger partial charge in [-0.2, -0.15) is 0 Å². The Morgan fingerprint density at radius 1 is 0.684 bits per heavy atom. The molecule has 0 aliphatic carbocycles. The molecule has 5 aromatic heterocycles. The Balaban J connectivity index is 0.00000396. The van der Waals surface area contributed by atoms with Gasteiger partial charge in [-0.05, 0) is 96.2 Å². The quantitative estimate of drug-likeness (QED) is 0.131. The number of aryl methyl sites for hydroxylation is 3. The van der Waals surface area contributed by atoms with E-state index < -0.39 is 0 Å². The van der Waals surface area contributed by atoms with Crippen LogP contribution < -0.4 is 10.3 Å². The van der Waals surface area contributed by atoms with Crippen LogP contribution in [0.15, 0.2) is 110 Å². The monoisotopic (exact) mass is 921 g/mol. The van der Waals surface area contributed by atoms with Crippen LogP contribution in [0.1, 0.15) is 43.0 Å². The maximum absolute atomic E-state index is 5.29. The van der Waals surface area contributed by atoms with Crippen molar-refractivity contribution in [2.45, 2.75) is 47.0 Å². The van der Waals surface area contributed by atoms with Crippen molar-refractivity contribution in [3.8, 4) is 22.9 Å². The Hall–Kier alpha value is -5.92. The number of anilines is 1. The van der Waals surface area contributed by atoms with Crippen LogP contribution in [0.4, 0.5) is 5.69 Å². The van der Waals surface area contributed by atoms with E-state index in [1.165, 1.54) is 22.2 Å². The van der Waals surface area contributed by atoms with Crippen LogP contribution in [0.25, 0.3) is 72.5 Å². The van der Waals surface area contributed by atoms with E-state index in [2.05, 4.69) is 181 Å². The van der Waals surface area contributed by atoms with Crippen LogP contribution in [0, 0.1) is 32.9 Å². The molecule has 1 aliphatic rings. The second-order valence-corrected chi connectivity index (χ2v) is 16.3. The van der Waals surface area contributed by atoms with Crippen molar-refractivity contribution in [2.75, 3.05) is 11.9 Å². The molecule has 0 fully saturated rings. The molecular formula is C47H39BN8Pt. The minimum absolute atomic E-state index is 0. The van der Waals surface area contributed by atoms with E-state index in [0.29, 0.717) is 0 Å². The molecule has 0 radical (unpaired) electrons. The van der Waals surface area contributed by atoms with Gasteiger partial charge in [0.2, 0.25) is 5.78 Å². The second-order valence-electron chi connectivity index (χ2n) is 16.3. The van der Waals surface area contributed by atoms with E-state index in [4.69, 9.17) is 15.0 Å². The summed E-state index contributed by atoms with van der Waals surface area (Å²) in [6, 6.07) is 40.4. The first-order valence-corrected chi connectivity index (χ1v) is 19.2. The summed E-state index contributed by atoms with van der Waals surface area (Å²) in [5, 5.41) is 2.26. The summed E-state index contributed by atoms with van der Waals surface area (Å²) in [5.41, 5.74) is 15.1. The molecule has 0 unspecified atom stereocenters. The number of rotatable bonds is 3. The van der Waals surface area contributed by atoms with E-state index >= 15 is 0 Å². The SMILES string of the molecule is Cc1cccc(C)c1B1N(C)c2ccc(-n3c4[c-]c5c(cc4c4ccccc43)n3c4cccc(C)c4nc3n5-c3cc(C(C)(C)C)ccn3)[c-]c2-c2nccn21.[Pt+2]. The maximum Gasteiger partial charge on any atom is 2.00 e. The molecule has 6 heterocycles. The number of fused-ring (bicyclic) bond motifs is 11. The third-order valence-corrected chi connectivity index (χ3v) is 11.9. The summed E-state index contributed by atoms with van der Waals surface area (Å²) >= 11 is 0. The zero-order valence-corrected chi connectivity index (χ0v) is 35.1. The van der Waals surface area contributed by atoms with Crippen molar-refractivity contribution in [2.24, 2.45) is 0 Å². The molecule has 1 aliphatic heterocycles. The Morgan fingerprint density at radius 3 is 2.25 bits per heavy atom. The zero-order valence-electron chi connectivity index (χ0n) is 32.9. The van der Waals surface area contributed by atoms with Crippen molar-refractivity contribution in [3.63, 3.8) is 0 Å². The van der Waals surface area contributed by atoms with Gasteiger partial charge in [0.15, 0.2) is 0 Å². The number of hydrogen-bond acceptors (Lipinski definition) is 4. The second kappa shape index (κ2) is 12.5. The van der Waals surface area contributed by atoms with Crippen molar-refractivity contribution in [1.29, 1.82) is 0 Å². The number of benzene rings is 5. The molecule has 0 spiro atoms. The van der Waals surface area contributed by atoms with Crippen LogP contribution in [-0.2, 0) is 26.5 Å². The number of hydrogen-bond donors (Lipinski definition) is 0. The number of aromatic nitrogens is 7. The van der Waals surface area contributed by atoms with Crippen molar-refractivity contribution in [3.05, 3.63) is 144 Å². The summed E-state index contributed by atoms with van der Waals surface area (Å²) in [6.45, 7) is 13.2. The standard InChI is InChI=1S/C47H39BN8.Pt/c1-28-12-10-13-29(2)43(28)48-52(7)36-19-18-32(25-35(36)45-50-22-23-53(45)48)54-37-16-9-8-15-33(37)34-26-40-41(27-39(34)54)56(42-24-31(20-21-49-42)47(4,5)6)46-51-44-30(3)14-11-17-38(44)55(40)46;/h8-24,26H,1-7H3;/q-2;+2. The smallest absolute Gasteiger partial charge is 0.436 e. The fourth-order valence-corrected chi connectivity index (χ4v) is 9.10. The molecule has 0 saturated heterocycles. The molecule has 57 heavy (non-hydrogen) atoms. The average Bonchev–Trinajstić information content (AvgIpc) is 3.96. The van der Waals surface area contributed by atoms with Crippen LogP contribution in [0.3, 0.4) is 0 Å². The summed E-state index contributed by atoms with van der Waals surface area (Å²) in [4.78, 5) is 17.6. The summed E-state index contributed by atoms with van der Waals surface area (Å²) in [5.74, 6) is 2.54. The third kappa shape index (κ3) is 5.01. The molecule has 0 bridgehead atoms. The van der Waals surface area contributed by atoms with Gasteiger partial charge in [-0.3, -0.25) is 9.55 Å². The van der Waals surface area contributed by atoms with Gasteiger partial charge in [0.25, 0.3) is 0 Å². The van der Waals surface area contributed by atoms with Gasteiger partial charge < -0.3 is 18.3 Å². The Morgan fingerprint density at radius 2 is 1.44 bits per heavy atom. The summed E-state index contributed by atoms with van der Waals surface area (Å²) in [6.07, 6.45) is 5.91. The average molecular weight is 922 g/mol. The fourth-order valence-electron chi connectivity index (χ4n) is 9.10. The van der Waals surface area contributed by atoms with Crippen molar-refractivity contribution >= 4 is 67.8 Å². The van der Waals surface area contributed by atoms with Gasteiger partial charge in [0, 0.05) is 29.9 Å². The van der Waals surface area contributed by atoms with Crippen LogP contribution in [-0.4, -0.2) is 47.0 Å². The Kier molecular flexibility index (Phi) is 7.81. The Labute approximate surface area is 345 Å². The number of pyridine rings is 1. The van der Waals surface area contributed by atoms with Gasteiger partial charge in [-0.25, -0.2) is 9.97 Å². The molecule has 0 saturated carbocycles. The van der Waals surface area contributed by atoms with E-state index in [1.54, 1.807) is 0 Å². The molecule has 8 nitrogen and oxygen atoms in total. The molecular weight excluding hydrogens is 882 g/mol. The van der Waals surface area contributed by atoms with E-state index in [9.17, 15) is 0 Å². The minimum atomic E-state index is -0.0547. The third-order valence-electron chi connectivity index (χ3n) is 11.9. The molecule has 5 aromatic carbocycles. The van der Waals surface area contributed by atoms with Gasteiger partial charge >= 0.3 is 28.0 Å². The van der Waals surface area contributed by atoms with Crippen LogP contribution in [0.2, 0.25) is 0 Å². The number of imidazole rings is 3. The Bertz CT molecular complexity index is 3250. The van der Waals surface area contributed by atoms with Crippen LogP contribution >= 0.6 is 0 Å². The van der Waals surface area contributed by atoms with Gasteiger partial charge in [0.1, 0.15) is 5.82 Å². The zero-order chi connectivity index (χ0) is 38.2. The predicted molar refractivity (Wildman–Crippen MR) is 229 cm³/mol. The fraction of sp³-hybridized carbons (Fsp3) is 0.170. The minimum Gasteiger partial charge on any atom is -0.436 e. The van der Waals surface area contributed by atoms with Crippen LogP contribution in [0.5, 0.6) is 0 Å². The van der Waals surface area contributed by atoms with E-state index in [1.807, 2.05) is 12.4 Å². The number of para-hydroxylation sites is 2. The molecule has 280 valence electrons. The molecule has 10 aromatic rings. The first kappa shape index (κ1) is 35.5. The van der Waals surface area contributed by atoms with Crippen molar-refractivity contribution in [1.82, 2.24) is 33.0 Å². The first-order valence-electron chi connectivity index (χ1n) is 19.2. The maximum atomic E-state index is 5.29. The molecule has 0 N–H and O–H groups in total. The van der Waals surface area contributed by atoms with Crippen molar-refractivity contribution < 1.29 is 21.1 Å². The van der Waals surface area contributed by atoms with Gasteiger partial charge in [0.05, 0.1) is 11.0 Å². The summed E-state index contributed by atoms with van der Waals surface area (Å²) in [7, 11) is 2.18. The summed E-state index contributed by atoms with van der Waals surface area (Å²) < 4.78 is 9.05. The van der Waals surface area contributed by atoms with E-state index in [0.717, 1.165) is 83.8 Å². The first-order chi connectivity index (χ1) is 27.1. The largest absolute Gasteiger partial charge is 2.00 e. The molecule has 10 heteroatoms. The topological polar surface area (TPSA) is 61.1 Å². The molecule has 0 atom stereocenters. The number of nitrogens with zero attached hydrogens (tertiary/aromatic N) is 8. The van der Waals surface area contributed by atoms with E-state index in [-0.39, 0.29) is 33.5 Å². The molecule has 11 rings (SSSR count). The molecule has 0 amide bonds. The normalized spacial score (nSPS) is 13.0. The van der Waals surface area contributed by atoms with Gasteiger partial charge in [-0.1, -0.05) is 97.2 Å². The van der Waals surface area contributed by atoms with Gasteiger partial charge in [-0.15, -0.1) is 35.7 Å². The predicted octanol–water partition coefficient (Wildman–Crippen LogP) is 9.30.